The van der Waals surface area contributed by atoms with Gasteiger partial charge in [0.1, 0.15) is 17.2 Å². The first-order chi connectivity index (χ1) is 19.6. The molecule has 2 N–H and O–H groups in total. The number of rotatable bonds is 4. The maximum absolute atomic E-state index is 16.1. The van der Waals surface area contributed by atoms with Crippen molar-refractivity contribution >= 4 is 51.8 Å². The van der Waals surface area contributed by atoms with Gasteiger partial charge in [-0.15, -0.1) is 0 Å². The molecular formula is C32H31Cl2FN4O3. The summed E-state index contributed by atoms with van der Waals surface area (Å²) < 4.78 is 18.2. The number of aromatic nitrogens is 2. The third kappa shape index (κ3) is 3.85. The molecule has 0 saturated carbocycles. The number of benzene rings is 3. The summed E-state index contributed by atoms with van der Waals surface area (Å²) in [5, 5.41) is 13.2. The Bertz CT molecular complexity index is 1770. The zero-order chi connectivity index (χ0) is 28.8. The standard InChI is InChI=1S/C31H27Cl2FN4O3.CH4/c1-15(2)14-38-24-10-11-37-23-9-6-16(29(39)40)12-22(23)35-28(37)25(24)26(18-4-3-5-20(33)27(18)34)31(38)19-8-7-17(32)13-21(19)36-30(31)41;/h3-9,12-13,15,24-26H,10-11,14H2,1-2H3,(H,36,41)(H,39,40);1H4/t24-,25+,26-,31+;/m0./s1. The number of nitrogens with one attached hydrogen (secondary N) is 1. The molecule has 1 spiro atoms. The lowest BCUT2D eigenvalue weighted by Gasteiger charge is -2.40. The van der Waals surface area contributed by atoms with Crippen LogP contribution in [0, 0.1) is 11.7 Å². The molecule has 0 aliphatic carbocycles. The number of halogens is 3. The van der Waals surface area contributed by atoms with Gasteiger partial charge in [-0.05, 0) is 54.3 Å². The van der Waals surface area contributed by atoms with Crippen molar-refractivity contribution in [2.75, 3.05) is 11.9 Å². The molecule has 4 heterocycles. The van der Waals surface area contributed by atoms with Crippen LogP contribution in [0.3, 0.4) is 0 Å². The number of aryl methyl sites for hydroxylation is 1. The lowest BCUT2D eigenvalue weighted by molar-refractivity contribution is -0.128. The fraction of sp³-hybridized carbons (Fsp3) is 0.344. The van der Waals surface area contributed by atoms with E-state index in [1.165, 1.54) is 6.07 Å². The van der Waals surface area contributed by atoms with Crippen molar-refractivity contribution in [3.63, 3.8) is 0 Å². The zero-order valence-corrected chi connectivity index (χ0v) is 23.9. The van der Waals surface area contributed by atoms with E-state index in [1.54, 1.807) is 42.5 Å². The molecule has 0 bridgehead atoms. The van der Waals surface area contributed by atoms with Crippen LogP contribution in [0.5, 0.6) is 0 Å². The summed E-state index contributed by atoms with van der Waals surface area (Å²) in [6.07, 6.45) is 0.702. The van der Waals surface area contributed by atoms with Crippen molar-refractivity contribution in [1.29, 1.82) is 0 Å². The number of imidazole rings is 1. The first-order valence-electron chi connectivity index (χ1n) is 13.7. The van der Waals surface area contributed by atoms with Crippen LogP contribution < -0.4 is 5.32 Å². The summed E-state index contributed by atoms with van der Waals surface area (Å²) in [6.45, 7) is 5.44. The van der Waals surface area contributed by atoms with Crippen molar-refractivity contribution < 1.29 is 19.1 Å². The molecule has 218 valence electrons. The molecule has 4 aromatic rings. The molecule has 7 nitrogen and oxygen atoms in total. The van der Waals surface area contributed by atoms with E-state index in [0.717, 1.165) is 11.1 Å². The molecule has 1 aromatic heterocycles. The number of hydrogen-bond acceptors (Lipinski definition) is 4. The Hall–Kier alpha value is -3.46. The van der Waals surface area contributed by atoms with Gasteiger partial charge in [-0.3, -0.25) is 9.69 Å². The minimum absolute atomic E-state index is 0. The molecule has 3 aromatic carbocycles. The van der Waals surface area contributed by atoms with Gasteiger partial charge in [0.25, 0.3) is 0 Å². The van der Waals surface area contributed by atoms with Gasteiger partial charge >= 0.3 is 5.97 Å². The Kier molecular flexibility index (Phi) is 6.87. The van der Waals surface area contributed by atoms with Gasteiger partial charge in [0.2, 0.25) is 5.91 Å². The number of carboxylic acid groups (broad SMARTS) is 1. The van der Waals surface area contributed by atoms with Crippen molar-refractivity contribution in [3.05, 3.63) is 93.0 Å². The molecule has 3 aliphatic heterocycles. The van der Waals surface area contributed by atoms with Crippen molar-refractivity contribution in [2.45, 2.75) is 57.7 Å². The topological polar surface area (TPSA) is 87.5 Å². The summed E-state index contributed by atoms with van der Waals surface area (Å²) in [7, 11) is 0. The minimum atomic E-state index is -1.25. The molecule has 0 unspecified atom stereocenters. The second-order valence-corrected chi connectivity index (χ2v) is 12.4. The SMILES string of the molecule is C.CC(C)CN1[C@H]2CCn3c(nc4cc(C(=O)O)ccc43)[C@H]2[C@H](c2cccc(Cl)c2F)[C@]12C(=O)Nc1cc(Cl)ccc12. The first kappa shape index (κ1) is 28.6. The molecule has 4 atom stereocenters. The Labute approximate surface area is 253 Å². The van der Waals surface area contributed by atoms with E-state index in [2.05, 4.69) is 28.6 Å². The van der Waals surface area contributed by atoms with E-state index in [4.69, 9.17) is 28.2 Å². The highest BCUT2D eigenvalue weighted by atomic mass is 35.5. The molecule has 42 heavy (non-hydrogen) atoms. The predicted octanol–water partition coefficient (Wildman–Crippen LogP) is 7.28. The van der Waals surface area contributed by atoms with Crippen molar-refractivity contribution in [1.82, 2.24) is 14.5 Å². The molecule has 0 radical (unpaired) electrons. The lowest BCUT2D eigenvalue weighted by atomic mass is 9.70. The molecule has 1 fully saturated rings. The third-order valence-corrected chi connectivity index (χ3v) is 9.44. The monoisotopic (exact) mass is 608 g/mol. The third-order valence-electron chi connectivity index (χ3n) is 8.91. The fourth-order valence-electron chi connectivity index (χ4n) is 7.54. The number of aromatic carboxylic acids is 1. The maximum atomic E-state index is 16.1. The number of carbonyl (C=O) groups is 2. The number of likely N-dealkylation sites (tertiary alicyclic amines) is 1. The van der Waals surface area contributed by atoms with Crippen LogP contribution in [0.1, 0.15) is 66.8 Å². The number of amides is 1. The predicted molar refractivity (Wildman–Crippen MR) is 162 cm³/mol. The van der Waals surface area contributed by atoms with Crippen molar-refractivity contribution in [2.24, 2.45) is 5.92 Å². The van der Waals surface area contributed by atoms with E-state index < -0.39 is 23.2 Å². The second-order valence-electron chi connectivity index (χ2n) is 11.6. The van der Waals surface area contributed by atoms with E-state index in [-0.39, 0.29) is 41.8 Å². The average molecular weight is 610 g/mol. The summed E-state index contributed by atoms with van der Waals surface area (Å²) in [6, 6.07) is 15.1. The highest BCUT2D eigenvalue weighted by Crippen LogP contribution is 2.64. The molecule has 3 aliphatic rings. The van der Waals surface area contributed by atoms with E-state index in [9.17, 15) is 14.7 Å². The summed E-state index contributed by atoms with van der Waals surface area (Å²) in [5.41, 5.74) is 1.99. The summed E-state index contributed by atoms with van der Waals surface area (Å²) in [5.74, 6) is -1.96. The molecule has 1 saturated heterocycles. The van der Waals surface area contributed by atoms with Gasteiger partial charge in [-0.2, -0.15) is 0 Å². The van der Waals surface area contributed by atoms with E-state index in [0.29, 0.717) is 47.1 Å². The van der Waals surface area contributed by atoms with Gasteiger partial charge in [-0.1, -0.05) is 62.7 Å². The molecular weight excluding hydrogens is 578 g/mol. The van der Waals surface area contributed by atoms with Crippen LogP contribution in [0.4, 0.5) is 10.1 Å². The quantitative estimate of drug-likeness (QED) is 0.254. The molecule has 10 heteroatoms. The second kappa shape index (κ2) is 10.1. The van der Waals surface area contributed by atoms with Gasteiger partial charge in [0.15, 0.2) is 0 Å². The Morgan fingerprint density at radius 2 is 1.98 bits per heavy atom. The van der Waals surface area contributed by atoms with E-state index in [1.807, 2.05) is 6.07 Å². The maximum Gasteiger partial charge on any atom is 0.335 e. The number of anilines is 1. The first-order valence-corrected chi connectivity index (χ1v) is 14.4. The van der Waals surface area contributed by atoms with Crippen LogP contribution >= 0.6 is 23.2 Å². The normalized spacial score (nSPS) is 24.4. The number of carbonyl (C=O) groups excluding carboxylic acids is 1. The summed E-state index contributed by atoms with van der Waals surface area (Å²) >= 11 is 12.7. The lowest BCUT2D eigenvalue weighted by Crippen LogP contribution is -2.53. The van der Waals surface area contributed by atoms with Gasteiger partial charge < -0.3 is 15.0 Å². The van der Waals surface area contributed by atoms with Crippen LogP contribution in [-0.2, 0) is 16.9 Å². The van der Waals surface area contributed by atoms with E-state index >= 15 is 4.39 Å². The average Bonchev–Trinajstić information content (AvgIpc) is 3.53. The van der Waals surface area contributed by atoms with Crippen LogP contribution in [-0.4, -0.2) is 44.0 Å². The largest absolute Gasteiger partial charge is 0.478 e. The van der Waals surface area contributed by atoms with Crippen LogP contribution in [0.2, 0.25) is 10.0 Å². The van der Waals surface area contributed by atoms with Gasteiger partial charge in [0.05, 0.1) is 21.6 Å². The number of hydrogen-bond donors (Lipinski definition) is 2. The van der Waals surface area contributed by atoms with Gasteiger partial charge in [0, 0.05) is 47.2 Å². The Morgan fingerprint density at radius 3 is 2.71 bits per heavy atom. The Morgan fingerprint density at radius 1 is 1.19 bits per heavy atom. The molecule has 7 rings (SSSR count). The van der Waals surface area contributed by atoms with Crippen LogP contribution in [0.25, 0.3) is 11.0 Å². The number of carboxylic acids is 1. The zero-order valence-electron chi connectivity index (χ0n) is 22.4. The fourth-order valence-corrected chi connectivity index (χ4v) is 7.90. The smallest absolute Gasteiger partial charge is 0.335 e. The highest BCUT2D eigenvalue weighted by molar-refractivity contribution is 6.31. The number of nitrogens with zero attached hydrogens (tertiary/aromatic N) is 3. The molecule has 1 amide bonds. The highest BCUT2D eigenvalue weighted by Gasteiger charge is 2.68. The Balaban J connectivity index is 0.00000316. The minimum Gasteiger partial charge on any atom is -0.478 e. The van der Waals surface area contributed by atoms with Crippen molar-refractivity contribution in [3.8, 4) is 0 Å². The summed E-state index contributed by atoms with van der Waals surface area (Å²) in [4.78, 5) is 33.4. The number of fused-ring (bicyclic) bond motifs is 7. The van der Waals surface area contributed by atoms with Crippen LogP contribution in [0.15, 0.2) is 54.6 Å². The van der Waals surface area contributed by atoms with Gasteiger partial charge in [-0.25, -0.2) is 14.2 Å².